The molecule has 0 unspecified atom stereocenters. The second kappa shape index (κ2) is 6.56. The molecule has 0 aliphatic carbocycles. The molecule has 1 aromatic carbocycles. The van der Waals surface area contributed by atoms with Gasteiger partial charge in [0.05, 0.1) is 11.6 Å². The minimum atomic E-state index is -4.42. The molecule has 0 bridgehead atoms. The van der Waals surface area contributed by atoms with Crippen LogP contribution in [0.15, 0.2) is 24.3 Å². The van der Waals surface area contributed by atoms with Crippen LogP contribution in [0.5, 0.6) is 0 Å². The van der Waals surface area contributed by atoms with E-state index in [1.807, 2.05) is 5.32 Å². The van der Waals surface area contributed by atoms with E-state index >= 15 is 0 Å². The van der Waals surface area contributed by atoms with E-state index in [0.717, 1.165) is 12.1 Å². The summed E-state index contributed by atoms with van der Waals surface area (Å²) in [4.78, 5) is 22.3. The molecule has 0 fully saturated rings. The maximum Gasteiger partial charge on any atom is 0.416 e. The topological polar surface area (TPSA) is 82.0 Å². The Hall–Kier alpha value is -2.56. The van der Waals surface area contributed by atoms with Crippen molar-refractivity contribution in [3.63, 3.8) is 0 Å². The highest BCUT2D eigenvalue weighted by atomic mass is 19.4. The molecular weight excluding hydrogens is 275 g/mol. The van der Waals surface area contributed by atoms with Crippen LogP contribution in [0.25, 0.3) is 0 Å². The van der Waals surface area contributed by atoms with Crippen LogP contribution >= 0.6 is 0 Å². The number of nitriles is 1. The Morgan fingerprint density at radius 2 is 1.65 bits per heavy atom. The van der Waals surface area contributed by atoms with E-state index in [4.69, 9.17) is 5.26 Å². The number of hydrogen-bond acceptors (Lipinski definition) is 3. The smallest absolute Gasteiger partial charge is 0.344 e. The van der Waals surface area contributed by atoms with Gasteiger partial charge in [0.15, 0.2) is 0 Å². The zero-order valence-corrected chi connectivity index (χ0v) is 10.1. The fraction of sp³-hybridized carbons (Fsp3) is 0.250. The number of amides is 2. The zero-order valence-electron chi connectivity index (χ0n) is 10.1. The molecule has 1 aromatic rings. The van der Waals surface area contributed by atoms with Crippen molar-refractivity contribution in [2.75, 3.05) is 6.54 Å². The lowest BCUT2D eigenvalue weighted by atomic mass is 10.1. The fourth-order valence-corrected chi connectivity index (χ4v) is 1.27. The predicted octanol–water partition coefficient (Wildman–Crippen LogP) is 0.961. The van der Waals surface area contributed by atoms with Crippen LogP contribution in [0.2, 0.25) is 0 Å². The van der Waals surface area contributed by atoms with Gasteiger partial charge in [0, 0.05) is 6.54 Å². The molecule has 0 spiro atoms. The number of nitrogens with zero attached hydrogens (tertiary/aromatic N) is 1. The van der Waals surface area contributed by atoms with Gasteiger partial charge in [-0.2, -0.15) is 18.4 Å². The van der Waals surface area contributed by atoms with Gasteiger partial charge < -0.3 is 10.6 Å². The van der Waals surface area contributed by atoms with Crippen LogP contribution in [0.1, 0.15) is 11.1 Å². The third-order valence-electron chi connectivity index (χ3n) is 2.27. The monoisotopic (exact) mass is 285 g/mol. The molecule has 0 saturated carbocycles. The molecule has 0 aliphatic rings. The first-order chi connectivity index (χ1) is 9.34. The standard InChI is InChI=1S/C12H10F3N3O2/c13-12(14,15)9-3-1-8(2-4-9)7-18-11(20)10(19)17-6-5-16/h1-4H,6-7H2,(H,17,19)(H,18,20). The van der Waals surface area contributed by atoms with Crippen molar-refractivity contribution in [3.8, 4) is 6.07 Å². The van der Waals surface area contributed by atoms with Crippen molar-refractivity contribution < 1.29 is 22.8 Å². The summed E-state index contributed by atoms with van der Waals surface area (Å²) < 4.78 is 36.9. The van der Waals surface area contributed by atoms with Crippen LogP contribution in [-0.4, -0.2) is 18.4 Å². The van der Waals surface area contributed by atoms with Crippen LogP contribution in [0.4, 0.5) is 13.2 Å². The Labute approximate surface area is 112 Å². The van der Waals surface area contributed by atoms with E-state index in [9.17, 15) is 22.8 Å². The fourth-order valence-electron chi connectivity index (χ4n) is 1.27. The van der Waals surface area contributed by atoms with Crippen molar-refractivity contribution in [2.45, 2.75) is 12.7 Å². The Morgan fingerprint density at radius 3 is 2.15 bits per heavy atom. The van der Waals surface area contributed by atoms with Crippen LogP contribution in [0, 0.1) is 11.3 Å². The molecule has 2 amide bonds. The first kappa shape index (κ1) is 15.5. The van der Waals surface area contributed by atoms with Gasteiger partial charge >= 0.3 is 18.0 Å². The lowest BCUT2D eigenvalue weighted by molar-refractivity contribution is -0.139. The minimum Gasteiger partial charge on any atom is -0.344 e. The van der Waals surface area contributed by atoms with E-state index in [1.165, 1.54) is 12.1 Å². The molecule has 5 nitrogen and oxygen atoms in total. The Bertz CT molecular complexity index is 532. The van der Waals surface area contributed by atoms with Crippen LogP contribution in [0.3, 0.4) is 0 Å². The van der Waals surface area contributed by atoms with Gasteiger partial charge in [-0.3, -0.25) is 9.59 Å². The molecule has 20 heavy (non-hydrogen) atoms. The quantitative estimate of drug-likeness (QED) is 0.641. The van der Waals surface area contributed by atoms with Crippen molar-refractivity contribution in [1.29, 1.82) is 5.26 Å². The minimum absolute atomic E-state index is 0.0864. The highest BCUT2D eigenvalue weighted by Crippen LogP contribution is 2.28. The van der Waals surface area contributed by atoms with E-state index in [1.54, 1.807) is 6.07 Å². The van der Waals surface area contributed by atoms with Crippen LogP contribution in [-0.2, 0) is 22.3 Å². The summed E-state index contributed by atoms with van der Waals surface area (Å²) in [6.45, 7) is -0.385. The van der Waals surface area contributed by atoms with E-state index in [2.05, 4.69) is 5.32 Å². The molecule has 0 saturated heterocycles. The summed E-state index contributed by atoms with van der Waals surface area (Å²) in [5.74, 6) is -1.93. The summed E-state index contributed by atoms with van der Waals surface area (Å²) in [7, 11) is 0. The molecule has 2 N–H and O–H groups in total. The van der Waals surface area contributed by atoms with Gasteiger partial charge in [0.1, 0.15) is 6.54 Å². The maximum atomic E-state index is 12.3. The second-order valence-electron chi connectivity index (χ2n) is 3.72. The molecule has 1 rings (SSSR count). The van der Waals surface area contributed by atoms with Gasteiger partial charge in [-0.25, -0.2) is 0 Å². The molecule has 0 radical (unpaired) electrons. The summed E-state index contributed by atoms with van der Waals surface area (Å²) in [5.41, 5.74) is -0.376. The van der Waals surface area contributed by atoms with Crippen molar-refractivity contribution >= 4 is 11.8 Å². The highest BCUT2D eigenvalue weighted by Gasteiger charge is 2.29. The SMILES string of the molecule is N#CCNC(=O)C(=O)NCc1ccc(C(F)(F)F)cc1. The number of nitrogens with one attached hydrogen (secondary N) is 2. The Balaban J connectivity index is 2.52. The van der Waals surface area contributed by atoms with Gasteiger partial charge in [0.2, 0.25) is 0 Å². The number of benzene rings is 1. The summed E-state index contributed by atoms with van der Waals surface area (Å²) >= 11 is 0. The number of alkyl halides is 3. The molecular formula is C12H10F3N3O2. The maximum absolute atomic E-state index is 12.3. The molecule has 0 aliphatic heterocycles. The largest absolute Gasteiger partial charge is 0.416 e. The Morgan fingerprint density at radius 1 is 1.10 bits per heavy atom. The number of carbonyl (C=O) groups excluding carboxylic acids is 2. The first-order valence-corrected chi connectivity index (χ1v) is 5.43. The van der Waals surface area contributed by atoms with E-state index in [-0.39, 0.29) is 13.1 Å². The van der Waals surface area contributed by atoms with Crippen LogP contribution < -0.4 is 10.6 Å². The number of rotatable bonds is 3. The van der Waals surface area contributed by atoms with Gasteiger partial charge in [-0.15, -0.1) is 0 Å². The van der Waals surface area contributed by atoms with Crippen molar-refractivity contribution in [1.82, 2.24) is 10.6 Å². The van der Waals surface area contributed by atoms with E-state index < -0.39 is 23.6 Å². The third kappa shape index (κ3) is 4.61. The highest BCUT2D eigenvalue weighted by molar-refractivity contribution is 6.35. The van der Waals surface area contributed by atoms with Crippen molar-refractivity contribution in [2.24, 2.45) is 0 Å². The van der Waals surface area contributed by atoms with Gasteiger partial charge in [0.25, 0.3) is 0 Å². The summed E-state index contributed by atoms with van der Waals surface area (Å²) in [6.07, 6.45) is -4.42. The normalized spacial score (nSPS) is 10.5. The molecule has 106 valence electrons. The third-order valence-corrected chi connectivity index (χ3v) is 2.27. The summed E-state index contributed by atoms with van der Waals surface area (Å²) in [6, 6.07) is 5.81. The van der Waals surface area contributed by atoms with Gasteiger partial charge in [-0.1, -0.05) is 12.1 Å². The average molecular weight is 285 g/mol. The molecule has 0 atom stereocenters. The first-order valence-electron chi connectivity index (χ1n) is 5.43. The summed E-state index contributed by atoms with van der Waals surface area (Å²) in [5, 5.41) is 12.5. The molecule has 8 heteroatoms. The van der Waals surface area contributed by atoms with E-state index in [0.29, 0.717) is 5.56 Å². The number of hydrogen-bond donors (Lipinski definition) is 2. The number of carbonyl (C=O) groups is 2. The zero-order chi connectivity index (χ0) is 15.2. The van der Waals surface area contributed by atoms with Crippen molar-refractivity contribution in [3.05, 3.63) is 35.4 Å². The lowest BCUT2D eigenvalue weighted by Gasteiger charge is -2.08. The second-order valence-corrected chi connectivity index (χ2v) is 3.72. The predicted molar refractivity (Wildman–Crippen MR) is 61.9 cm³/mol. The lowest BCUT2D eigenvalue weighted by Crippen LogP contribution is -2.39. The Kier molecular flexibility index (Phi) is 5.08. The molecule has 0 heterocycles. The van der Waals surface area contributed by atoms with Gasteiger partial charge in [-0.05, 0) is 17.7 Å². The molecule has 0 aromatic heterocycles. The average Bonchev–Trinajstić information content (AvgIpc) is 2.41. The number of halogens is 3.